The van der Waals surface area contributed by atoms with E-state index in [4.69, 9.17) is 4.74 Å². The van der Waals surface area contributed by atoms with E-state index in [2.05, 4.69) is 10.3 Å². The molecule has 0 spiro atoms. The van der Waals surface area contributed by atoms with Crippen molar-refractivity contribution in [2.75, 3.05) is 19.7 Å². The molecule has 6 heteroatoms. The summed E-state index contributed by atoms with van der Waals surface area (Å²) in [5.41, 5.74) is 3.04. The van der Waals surface area contributed by atoms with E-state index < -0.39 is 0 Å². The van der Waals surface area contributed by atoms with E-state index in [1.165, 1.54) is 0 Å². The number of rotatable bonds is 6. The van der Waals surface area contributed by atoms with E-state index in [1.54, 1.807) is 18.0 Å². The monoisotopic (exact) mass is 367 g/mol. The molecule has 2 amide bonds. The molecule has 2 aromatic rings. The van der Waals surface area contributed by atoms with E-state index >= 15 is 0 Å². The molecule has 0 aliphatic carbocycles. The highest BCUT2D eigenvalue weighted by Gasteiger charge is 2.17. The molecule has 1 N–H and O–H groups in total. The summed E-state index contributed by atoms with van der Waals surface area (Å²) in [6.45, 7) is 3.81. The lowest BCUT2D eigenvalue weighted by Crippen LogP contribution is -2.30. The fourth-order valence-electron chi connectivity index (χ4n) is 3.09. The summed E-state index contributed by atoms with van der Waals surface area (Å²) < 4.78 is 5.73. The molecule has 0 saturated carbocycles. The molecule has 27 heavy (non-hydrogen) atoms. The Morgan fingerprint density at radius 2 is 2.11 bits per heavy atom. The molecule has 0 saturated heterocycles. The third-order valence-corrected chi connectivity index (χ3v) is 4.62. The van der Waals surface area contributed by atoms with Gasteiger partial charge in [0.1, 0.15) is 12.4 Å². The molecule has 1 aromatic carbocycles. The SMILES string of the molecule is CC(=O)N1CCOc2ccc(CCC(=O)NCCc3ccccn3)cc2C1. The number of aryl methyl sites for hydroxylation is 1. The lowest BCUT2D eigenvalue weighted by atomic mass is 10.0. The smallest absolute Gasteiger partial charge is 0.220 e. The predicted octanol–water partition coefficient (Wildman–Crippen LogP) is 2.11. The van der Waals surface area contributed by atoms with Crippen LogP contribution in [0.2, 0.25) is 0 Å². The first kappa shape index (κ1) is 18.9. The van der Waals surface area contributed by atoms with Gasteiger partial charge >= 0.3 is 0 Å². The topological polar surface area (TPSA) is 71.5 Å². The summed E-state index contributed by atoms with van der Waals surface area (Å²) in [7, 11) is 0. The molecule has 6 nitrogen and oxygen atoms in total. The lowest BCUT2D eigenvalue weighted by molar-refractivity contribution is -0.129. The van der Waals surface area contributed by atoms with Gasteiger partial charge in [0.25, 0.3) is 0 Å². The van der Waals surface area contributed by atoms with Crippen LogP contribution in [-0.4, -0.2) is 41.4 Å². The summed E-state index contributed by atoms with van der Waals surface area (Å²) in [4.78, 5) is 29.8. The average Bonchev–Trinajstić information content (AvgIpc) is 2.89. The highest BCUT2D eigenvalue weighted by molar-refractivity contribution is 5.76. The summed E-state index contributed by atoms with van der Waals surface area (Å²) in [5, 5.41) is 2.94. The molecular formula is C21H25N3O3. The number of nitrogens with one attached hydrogen (secondary N) is 1. The summed E-state index contributed by atoms with van der Waals surface area (Å²) in [5.74, 6) is 0.897. The fraction of sp³-hybridized carbons (Fsp3) is 0.381. The first-order valence-corrected chi connectivity index (χ1v) is 9.28. The van der Waals surface area contributed by atoms with Gasteiger partial charge in [-0.15, -0.1) is 0 Å². The minimum Gasteiger partial charge on any atom is -0.491 e. The Bertz CT molecular complexity index is 793. The zero-order valence-electron chi connectivity index (χ0n) is 15.6. The highest BCUT2D eigenvalue weighted by Crippen LogP contribution is 2.25. The maximum Gasteiger partial charge on any atom is 0.220 e. The lowest BCUT2D eigenvalue weighted by Gasteiger charge is -2.17. The average molecular weight is 367 g/mol. The number of fused-ring (bicyclic) bond motifs is 1. The van der Waals surface area contributed by atoms with E-state index in [1.807, 2.05) is 36.4 Å². The van der Waals surface area contributed by atoms with Gasteiger partial charge in [-0.3, -0.25) is 14.6 Å². The zero-order valence-corrected chi connectivity index (χ0v) is 15.6. The second-order valence-electron chi connectivity index (χ2n) is 6.65. The van der Waals surface area contributed by atoms with Gasteiger partial charge in [0.05, 0.1) is 6.54 Å². The number of hydrogen-bond donors (Lipinski definition) is 1. The Kier molecular flexibility index (Phi) is 6.41. The van der Waals surface area contributed by atoms with Crippen LogP contribution in [0.1, 0.15) is 30.2 Å². The van der Waals surface area contributed by atoms with Crippen molar-refractivity contribution in [2.24, 2.45) is 0 Å². The van der Waals surface area contributed by atoms with Gasteiger partial charge in [0.2, 0.25) is 11.8 Å². The van der Waals surface area contributed by atoms with Crippen LogP contribution in [-0.2, 0) is 29.0 Å². The number of aromatic nitrogens is 1. The number of nitrogens with zero attached hydrogens (tertiary/aromatic N) is 2. The summed E-state index contributed by atoms with van der Waals surface area (Å²) in [6.07, 6.45) is 3.57. The van der Waals surface area contributed by atoms with E-state index in [0.717, 1.165) is 29.0 Å². The molecule has 0 bridgehead atoms. The van der Waals surface area contributed by atoms with Gasteiger partial charge in [0, 0.05) is 50.3 Å². The first-order valence-electron chi connectivity index (χ1n) is 9.28. The van der Waals surface area contributed by atoms with Crippen molar-refractivity contribution >= 4 is 11.8 Å². The van der Waals surface area contributed by atoms with Crippen LogP contribution in [0.15, 0.2) is 42.6 Å². The molecule has 0 unspecified atom stereocenters. The summed E-state index contributed by atoms with van der Waals surface area (Å²) in [6, 6.07) is 11.7. The van der Waals surface area contributed by atoms with Crippen molar-refractivity contribution < 1.29 is 14.3 Å². The molecule has 142 valence electrons. The number of hydrogen-bond acceptors (Lipinski definition) is 4. The molecule has 0 radical (unpaired) electrons. The first-order chi connectivity index (χ1) is 13.1. The van der Waals surface area contributed by atoms with Gasteiger partial charge in [0.15, 0.2) is 0 Å². The van der Waals surface area contributed by atoms with Crippen molar-refractivity contribution in [2.45, 2.75) is 32.7 Å². The standard InChI is InChI=1S/C21H25N3O3/c1-16(25)24-12-13-27-20-7-5-17(14-18(20)15-24)6-8-21(26)23-11-9-19-4-2-3-10-22-19/h2-5,7,10,14H,6,8-9,11-13,15H2,1H3,(H,23,26). The molecule has 1 aliphatic rings. The molecule has 1 aromatic heterocycles. The van der Waals surface area contributed by atoms with Crippen LogP contribution >= 0.6 is 0 Å². The van der Waals surface area contributed by atoms with Gasteiger partial charge in [-0.2, -0.15) is 0 Å². The van der Waals surface area contributed by atoms with Crippen molar-refractivity contribution in [3.05, 3.63) is 59.4 Å². The molecule has 0 fully saturated rings. The van der Waals surface area contributed by atoms with Crippen LogP contribution in [0.4, 0.5) is 0 Å². The van der Waals surface area contributed by atoms with Gasteiger partial charge in [-0.25, -0.2) is 0 Å². The number of carbonyl (C=O) groups is 2. The minimum atomic E-state index is 0.0301. The van der Waals surface area contributed by atoms with E-state index in [9.17, 15) is 9.59 Å². The second-order valence-corrected chi connectivity index (χ2v) is 6.65. The van der Waals surface area contributed by atoms with Gasteiger partial charge < -0.3 is 15.0 Å². The van der Waals surface area contributed by atoms with E-state index in [0.29, 0.717) is 39.1 Å². The minimum absolute atomic E-state index is 0.0301. The van der Waals surface area contributed by atoms with Crippen LogP contribution in [0.5, 0.6) is 5.75 Å². The zero-order chi connectivity index (χ0) is 19.1. The Morgan fingerprint density at radius 1 is 1.22 bits per heavy atom. The number of ether oxygens (including phenoxy) is 1. The number of carbonyl (C=O) groups excluding carboxylic acids is 2. The number of amides is 2. The second kappa shape index (κ2) is 9.16. The van der Waals surface area contributed by atoms with Crippen LogP contribution in [0.3, 0.4) is 0 Å². The van der Waals surface area contributed by atoms with Crippen molar-refractivity contribution in [3.8, 4) is 5.75 Å². The van der Waals surface area contributed by atoms with Gasteiger partial charge in [-0.05, 0) is 30.2 Å². The molecule has 3 rings (SSSR count). The maximum atomic E-state index is 12.1. The highest BCUT2D eigenvalue weighted by atomic mass is 16.5. The van der Waals surface area contributed by atoms with Crippen LogP contribution in [0, 0.1) is 0 Å². The number of benzene rings is 1. The Balaban J connectivity index is 1.49. The van der Waals surface area contributed by atoms with Crippen molar-refractivity contribution in [1.29, 1.82) is 0 Å². The van der Waals surface area contributed by atoms with Crippen molar-refractivity contribution in [3.63, 3.8) is 0 Å². The summed E-state index contributed by atoms with van der Waals surface area (Å²) >= 11 is 0. The van der Waals surface area contributed by atoms with Crippen molar-refractivity contribution in [1.82, 2.24) is 15.2 Å². The van der Waals surface area contributed by atoms with Crippen LogP contribution in [0.25, 0.3) is 0 Å². The van der Waals surface area contributed by atoms with E-state index in [-0.39, 0.29) is 11.8 Å². The normalized spacial score (nSPS) is 13.3. The largest absolute Gasteiger partial charge is 0.491 e. The Labute approximate surface area is 159 Å². The van der Waals surface area contributed by atoms with Crippen LogP contribution < -0.4 is 10.1 Å². The number of pyridine rings is 1. The molecule has 0 atom stereocenters. The molecular weight excluding hydrogens is 342 g/mol. The quantitative estimate of drug-likeness (QED) is 0.849. The maximum absolute atomic E-state index is 12.1. The third kappa shape index (κ3) is 5.54. The Hall–Kier alpha value is -2.89. The molecule has 1 aliphatic heterocycles. The van der Waals surface area contributed by atoms with Gasteiger partial charge in [-0.1, -0.05) is 18.2 Å². The Morgan fingerprint density at radius 3 is 2.89 bits per heavy atom. The fourth-order valence-corrected chi connectivity index (χ4v) is 3.09. The predicted molar refractivity (Wildman–Crippen MR) is 102 cm³/mol. The third-order valence-electron chi connectivity index (χ3n) is 4.62. The molecule has 2 heterocycles.